The monoisotopic (exact) mass is 423 g/mol. The lowest BCUT2D eigenvalue weighted by molar-refractivity contribution is -0.126. The Morgan fingerprint density at radius 3 is 2.66 bits per heavy atom. The molecule has 3 aromatic rings. The Kier molecular flexibility index (Phi) is 5.05. The number of carbonyl (C=O) groups excluding carboxylic acids is 2. The summed E-state index contributed by atoms with van der Waals surface area (Å²) in [5, 5.41) is 21.4. The van der Waals surface area contributed by atoms with Crippen molar-refractivity contribution < 1.29 is 14.7 Å². The Balaban J connectivity index is 1.73. The van der Waals surface area contributed by atoms with Crippen LogP contribution in [0.3, 0.4) is 0 Å². The molecule has 1 aromatic heterocycles. The number of amides is 2. The number of hydrogen-bond donors (Lipinski definition) is 1. The Labute approximate surface area is 175 Å². The van der Waals surface area contributed by atoms with Crippen molar-refractivity contribution in [3.8, 4) is 6.07 Å². The number of aliphatic hydroxyl groups excluding tert-OH is 1. The van der Waals surface area contributed by atoms with Gasteiger partial charge in [0, 0.05) is 17.0 Å². The standard InChI is InChI=1S/C21H14ClN3O3S/c22-13-7-5-12(6-8-13)21(28)25-16(9-10-18(25)26)19(27)14(11-23)20-24-15-3-1-2-4-17(15)29-20/h1-8,16,27H,9-10H2. The third-order valence-electron chi connectivity index (χ3n) is 4.71. The van der Waals surface area contributed by atoms with Crippen LogP contribution in [0.1, 0.15) is 28.2 Å². The van der Waals surface area contributed by atoms with Crippen LogP contribution in [0.15, 0.2) is 54.3 Å². The molecule has 2 aromatic carbocycles. The molecule has 1 saturated heterocycles. The van der Waals surface area contributed by atoms with Crippen LogP contribution < -0.4 is 0 Å². The van der Waals surface area contributed by atoms with Crippen LogP contribution in [-0.4, -0.2) is 32.8 Å². The Bertz CT molecular complexity index is 1160. The third kappa shape index (κ3) is 3.48. The van der Waals surface area contributed by atoms with E-state index in [0.29, 0.717) is 15.5 Å². The predicted octanol–water partition coefficient (Wildman–Crippen LogP) is 4.57. The maximum Gasteiger partial charge on any atom is 0.261 e. The van der Waals surface area contributed by atoms with Crippen LogP contribution in [0.25, 0.3) is 15.8 Å². The highest BCUT2D eigenvalue weighted by Crippen LogP contribution is 2.33. The molecule has 2 heterocycles. The van der Waals surface area contributed by atoms with Crippen LogP contribution in [0.5, 0.6) is 0 Å². The minimum Gasteiger partial charge on any atom is -0.509 e. The van der Waals surface area contributed by atoms with Crippen molar-refractivity contribution in [3.05, 3.63) is 69.9 Å². The molecular weight excluding hydrogens is 410 g/mol. The largest absolute Gasteiger partial charge is 0.509 e. The fourth-order valence-corrected chi connectivity index (χ4v) is 4.38. The van der Waals surface area contributed by atoms with Gasteiger partial charge in [-0.25, -0.2) is 4.98 Å². The van der Waals surface area contributed by atoms with Gasteiger partial charge < -0.3 is 5.11 Å². The van der Waals surface area contributed by atoms with Crippen molar-refractivity contribution in [2.75, 3.05) is 0 Å². The smallest absolute Gasteiger partial charge is 0.261 e. The van der Waals surface area contributed by atoms with Crippen LogP contribution in [0, 0.1) is 11.3 Å². The molecule has 1 aliphatic rings. The molecule has 1 fully saturated rings. The van der Waals surface area contributed by atoms with Crippen molar-refractivity contribution in [2.45, 2.75) is 18.9 Å². The maximum atomic E-state index is 12.9. The first-order chi connectivity index (χ1) is 14.0. The molecule has 1 unspecified atom stereocenters. The van der Waals surface area contributed by atoms with E-state index in [4.69, 9.17) is 11.6 Å². The quantitative estimate of drug-likeness (QED) is 0.378. The van der Waals surface area contributed by atoms with Crippen molar-refractivity contribution in [2.24, 2.45) is 0 Å². The van der Waals surface area contributed by atoms with Gasteiger partial charge in [0.1, 0.15) is 22.4 Å². The zero-order valence-electron chi connectivity index (χ0n) is 15.0. The lowest BCUT2D eigenvalue weighted by Gasteiger charge is -2.23. The second kappa shape index (κ2) is 7.66. The zero-order chi connectivity index (χ0) is 20.5. The van der Waals surface area contributed by atoms with E-state index in [1.807, 2.05) is 30.3 Å². The fraction of sp³-hybridized carbons (Fsp3) is 0.143. The normalized spacial score (nSPS) is 17.3. The number of likely N-dealkylation sites (tertiary alicyclic amines) is 1. The first kappa shape index (κ1) is 19.1. The first-order valence-corrected chi connectivity index (χ1v) is 10.00. The molecule has 1 atom stereocenters. The fourth-order valence-electron chi connectivity index (χ4n) is 3.29. The molecule has 1 N–H and O–H groups in total. The molecule has 0 aliphatic carbocycles. The molecule has 8 heteroatoms. The van der Waals surface area contributed by atoms with E-state index in [-0.39, 0.29) is 29.7 Å². The molecule has 0 radical (unpaired) electrons. The minimum atomic E-state index is -0.910. The number of imide groups is 1. The number of thiazole rings is 1. The molecule has 6 nitrogen and oxygen atoms in total. The van der Waals surface area contributed by atoms with Gasteiger partial charge >= 0.3 is 0 Å². The average molecular weight is 424 g/mol. The number of nitrogens with zero attached hydrogens (tertiary/aromatic N) is 3. The molecule has 0 bridgehead atoms. The van der Waals surface area contributed by atoms with Gasteiger partial charge in [0.05, 0.1) is 16.3 Å². The predicted molar refractivity (Wildman–Crippen MR) is 110 cm³/mol. The van der Waals surface area contributed by atoms with Crippen molar-refractivity contribution in [1.82, 2.24) is 9.88 Å². The number of carbonyl (C=O) groups is 2. The second-order valence-electron chi connectivity index (χ2n) is 6.49. The second-order valence-corrected chi connectivity index (χ2v) is 7.96. The van der Waals surface area contributed by atoms with Gasteiger partial charge in [-0.05, 0) is 42.8 Å². The summed E-state index contributed by atoms with van der Waals surface area (Å²) in [7, 11) is 0. The Morgan fingerprint density at radius 2 is 1.97 bits per heavy atom. The summed E-state index contributed by atoms with van der Waals surface area (Å²) in [4.78, 5) is 30.7. The average Bonchev–Trinajstić information content (AvgIpc) is 3.32. The molecule has 0 saturated carbocycles. The van der Waals surface area contributed by atoms with Gasteiger partial charge in [0.15, 0.2) is 0 Å². The van der Waals surface area contributed by atoms with Crippen LogP contribution in [0.4, 0.5) is 0 Å². The van der Waals surface area contributed by atoms with Crippen molar-refractivity contribution in [3.63, 3.8) is 0 Å². The number of rotatable bonds is 3. The molecule has 2 amide bonds. The van der Waals surface area contributed by atoms with E-state index >= 15 is 0 Å². The summed E-state index contributed by atoms with van der Waals surface area (Å²) in [5.41, 5.74) is 0.963. The summed E-state index contributed by atoms with van der Waals surface area (Å²) < 4.78 is 0.875. The molecule has 1 aliphatic heterocycles. The van der Waals surface area contributed by atoms with E-state index in [1.54, 1.807) is 12.1 Å². The number of fused-ring (bicyclic) bond motifs is 1. The highest BCUT2D eigenvalue weighted by atomic mass is 35.5. The van der Waals surface area contributed by atoms with E-state index in [0.717, 1.165) is 9.60 Å². The highest BCUT2D eigenvalue weighted by Gasteiger charge is 2.40. The van der Waals surface area contributed by atoms with Crippen LogP contribution >= 0.6 is 22.9 Å². The van der Waals surface area contributed by atoms with Crippen molar-refractivity contribution in [1.29, 1.82) is 5.26 Å². The molecular formula is C21H14ClN3O3S. The molecule has 144 valence electrons. The highest BCUT2D eigenvalue weighted by molar-refractivity contribution is 7.19. The van der Waals surface area contributed by atoms with Gasteiger partial charge in [-0.2, -0.15) is 5.26 Å². The van der Waals surface area contributed by atoms with Gasteiger partial charge in [-0.1, -0.05) is 23.7 Å². The van der Waals surface area contributed by atoms with Crippen LogP contribution in [-0.2, 0) is 4.79 Å². The molecule has 4 rings (SSSR count). The minimum absolute atomic E-state index is 0.0280. The number of benzene rings is 2. The summed E-state index contributed by atoms with van der Waals surface area (Å²) >= 11 is 7.14. The summed E-state index contributed by atoms with van der Waals surface area (Å²) in [6, 6.07) is 14.6. The van der Waals surface area contributed by atoms with Gasteiger partial charge in [0.2, 0.25) is 5.91 Å². The van der Waals surface area contributed by atoms with E-state index in [1.165, 1.54) is 23.5 Å². The summed E-state index contributed by atoms with van der Waals surface area (Å²) in [5.74, 6) is -1.26. The summed E-state index contributed by atoms with van der Waals surface area (Å²) in [6.45, 7) is 0. The first-order valence-electron chi connectivity index (χ1n) is 8.80. The number of hydrogen-bond acceptors (Lipinski definition) is 6. The van der Waals surface area contributed by atoms with Crippen molar-refractivity contribution >= 4 is 50.5 Å². The summed E-state index contributed by atoms with van der Waals surface area (Å²) in [6.07, 6.45) is 0.340. The molecule has 0 spiro atoms. The number of halogens is 1. The lowest BCUT2D eigenvalue weighted by Crippen LogP contribution is -2.40. The number of nitriles is 1. The third-order valence-corrected chi connectivity index (χ3v) is 6.02. The van der Waals surface area contributed by atoms with E-state index in [2.05, 4.69) is 4.98 Å². The topological polar surface area (TPSA) is 94.3 Å². The lowest BCUT2D eigenvalue weighted by atomic mass is 10.1. The van der Waals surface area contributed by atoms with E-state index in [9.17, 15) is 20.0 Å². The zero-order valence-corrected chi connectivity index (χ0v) is 16.6. The van der Waals surface area contributed by atoms with Gasteiger partial charge in [-0.15, -0.1) is 11.3 Å². The molecule has 29 heavy (non-hydrogen) atoms. The number of para-hydroxylation sites is 1. The maximum absolute atomic E-state index is 12.9. The van der Waals surface area contributed by atoms with E-state index < -0.39 is 17.9 Å². The van der Waals surface area contributed by atoms with Gasteiger partial charge in [0.25, 0.3) is 5.91 Å². The Hall–Kier alpha value is -3.21. The SMILES string of the molecule is N#CC(=C(O)C1CCC(=O)N1C(=O)c1ccc(Cl)cc1)c1nc2ccccc2s1. The van der Waals surface area contributed by atoms with Crippen LogP contribution in [0.2, 0.25) is 5.02 Å². The number of aliphatic hydroxyl groups is 1. The number of allylic oxidation sites excluding steroid dienone is 1. The number of aromatic nitrogens is 1. The van der Waals surface area contributed by atoms with Gasteiger partial charge in [-0.3, -0.25) is 14.5 Å². The Morgan fingerprint density at radius 1 is 1.24 bits per heavy atom.